The maximum Gasteiger partial charge on any atom is 0.182 e. The molecule has 0 radical (unpaired) electrons. The Labute approximate surface area is 70.3 Å². The number of allylic oxidation sites excluding steroid dienone is 3. The standard InChI is InChI=1S/C7H8Cl2O/c1-2-7(10)6(5-9)3-4-8/h2-3H,1,4-5H2. The summed E-state index contributed by atoms with van der Waals surface area (Å²) >= 11 is 10.8. The molecule has 0 amide bonds. The van der Waals surface area contributed by atoms with Crippen LogP contribution in [0.5, 0.6) is 0 Å². The van der Waals surface area contributed by atoms with Gasteiger partial charge >= 0.3 is 0 Å². The predicted octanol–water partition coefficient (Wildman–Crippen LogP) is 2.15. The molecule has 0 unspecified atom stereocenters. The molecule has 0 aromatic carbocycles. The fraction of sp³-hybridized carbons (Fsp3) is 0.286. The number of ketones is 1. The van der Waals surface area contributed by atoms with Crippen molar-refractivity contribution >= 4 is 29.0 Å². The first-order chi connectivity index (χ1) is 4.76. The van der Waals surface area contributed by atoms with Crippen LogP contribution in [0.3, 0.4) is 0 Å². The van der Waals surface area contributed by atoms with Crippen molar-refractivity contribution in [1.82, 2.24) is 0 Å². The monoisotopic (exact) mass is 178 g/mol. The lowest BCUT2D eigenvalue weighted by Gasteiger charge is -1.94. The lowest BCUT2D eigenvalue weighted by molar-refractivity contribution is -0.111. The molecule has 0 aliphatic heterocycles. The zero-order chi connectivity index (χ0) is 7.98. The van der Waals surface area contributed by atoms with Crippen LogP contribution in [-0.2, 0) is 4.79 Å². The highest BCUT2D eigenvalue weighted by Gasteiger charge is 2.01. The van der Waals surface area contributed by atoms with Crippen molar-refractivity contribution in [1.29, 1.82) is 0 Å². The summed E-state index contributed by atoms with van der Waals surface area (Å²) in [5, 5.41) is 0. The van der Waals surface area contributed by atoms with Crippen LogP contribution < -0.4 is 0 Å². The molecule has 0 aromatic heterocycles. The highest BCUT2D eigenvalue weighted by Crippen LogP contribution is 2.00. The molecule has 0 heterocycles. The molecule has 0 N–H and O–H groups in total. The van der Waals surface area contributed by atoms with Crippen LogP contribution in [0.2, 0.25) is 0 Å². The Morgan fingerprint density at radius 2 is 2.10 bits per heavy atom. The third-order valence-corrected chi connectivity index (χ3v) is 1.41. The zero-order valence-electron chi connectivity index (χ0n) is 5.44. The van der Waals surface area contributed by atoms with Gasteiger partial charge in [-0.05, 0) is 6.08 Å². The van der Waals surface area contributed by atoms with Crippen LogP contribution in [0.25, 0.3) is 0 Å². The molecule has 0 aliphatic carbocycles. The lowest BCUT2D eigenvalue weighted by Crippen LogP contribution is -1.99. The van der Waals surface area contributed by atoms with Gasteiger partial charge in [-0.2, -0.15) is 0 Å². The molecule has 56 valence electrons. The Morgan fingerprint density at radius 3 is 2.40 bits per heavy atom. The molecule has 10 heavy (non-hydrogen) atoms. The molecule has 0 bridgehead atoms. The van der Waals surface area contributed by atoms with Crippen molar-refractivity contribution in [3.05, 3.63) is 24.3 Å². The molecule has 0 fully saturated rings. The van der Waals surface area contributed by atoms with E-state index in [0.29, 0.717) is 11.5 Å². The fourth-order valence-electron chi connectivity index (χ4n) is 0.445. The quantitative estimate of drug-likeness (QED) is 0.477. The van der Waals surface area contributed by atoms with E-state index in [1.807, 2.05) is 0 Å². The summed E-state index contributed by atoms with van der Waals surface area (Å²) in [7, 11) is 0. The van der Waals surface area contributed by atoms with E-state index in [0.717, 1.165) is 0 Å². The van der Waals surface area contributed by atoms with Gasteiger partial charge in [0.05, 0.1) is 5.88 Å². The lowest BCUT2D eigenvalue weighted by atomic mass is 10.2. The molecule has 0 saturated heterocycles. The van der Waals surface area contributed by atoms with E-state index in [1.54, 1.807) is 6.08 Å². The van der Waals surface area contributed by atoms with Crippen LogP contribution in [0.1, 0.15) is 0 Å². The summed E-state index contributed by atoms with van der Waals surface area (Å²) in [6.45, 7) is 3.32. The number of alkyl halides is 2. The van der Waals surface area contributed by atoms with Crippen molar-refractivity contribution in [2.45, 2.75) is 0 Å². The summed E-state index contributed by atoms with van der Waals surface area (Å²) in [6.07, 6.45) is 2.80. The number of halogens is 2. The third-order valence-electron chi connectivity index (χ3n) is 0.969. The van der Waals surface area contributed by atoms with Gasteiger partial charge in [-0.3, -0.25) is 4.79 Å². The minimum atomic E-state index is -0.157. The number of hydrogen-bond acceptors (Lipinski definition) is 1. The molecule has 0 atom stereocenters. The Kier molecular flexibility index (Phi) is 5.36. The van der Waals surface area contributed by atoms with E-state index in [2.05, 4.69) is 6.58 Å². The van der Waals surface area contributed by atoms with Crippen LogP contribution >= 0.6 is 23.2 Å². The average molecular weight is 179 g/mol. The Hall–Kier alpha value is -0.270. The highest BCUT2D eigenvalue weighted by atomic mass is 35.5. The summed E-state index contributed by atoms with van der Waals surface area (Å²) in [6, 6.07) is 0. The minimum absolute atomic E-state index is 0.157. The first kappa shape index (κ1) is 9.73. The van der Waals surface area contributed by atoms with Gasteiger partial charge in [0.25, 0.3) is 0 Å². The molecule has 0 aliphatic rings. The van der Waals surface area contributed by atoms with Gasteiger partial charge < -0.3 is 0 Å². The van der Waals surface area contributed by atoms with Crippen LogP contribution in [0, 0.1) is 0 Å². The van der Waals surface area contributed by atoms with Crippen LogP contribution in [-0.4, -0.2) is 17.5 Å². The molecular weight excluding hydrogens is 171 g/mol. The smallest absolute Gasteiger partial charge is 0.182 e. The molecule has 0 aromatic rings. The second kappa shape index (κ2) is 5.51. The molecule has 0 rings (SSSR count). The van der Waals surface area contributed by atoms with E-state index >= 15 is 0 Å². The summed E-state index contributed by atoms with van der Waals surface area (Å²) in [4.78, 5) is 10.8. The van der Waals surface area contributed by atoms with E-state index < -0.39 is 0 Å². The van der Waals surface area contributed by atoms with Gasteiger partial charge in [0, 0.05) is 11.5 Å². The summed E-state index contributed by atoms with van der Waals surface area (Å²) in [5.74, 6) is 0.342. The molecular formula is C7H8Cl2O. The van der Waals surface area contributed by atoms with Crippen molar-refractivity contribution in [2.75, 3.05) is 11.8 Å². The van der Waals surface area contributed by atoms with E-state index in [1.165, 1.54) is 6.08 Å². The fourth-order valence-corrected chi connectivity index (χ4v) is 0.872. The van der Waals surface area contributed by atoms with Gasteiger partial charge in [0.2, 0.25) is 0 Å². The van der Waals surface area contributed by atoms with E-state index in [4.69, 9.17) is 23.2 Å². The average Bonchev–Trinajstić information content (AvgIpc) is 1.99. The van der Waals surface area contributed by atoms with Crippen molar-refractivity contribution < 1.29 is 4.79 Å². The first-order valence-electron chi connectivity index (χ1n) is 2.74. The maximum atomic E-state index is 10.8. The van der Waals surface area contributed by atoms with Gasteiger partial charge in [0.1, 0.15) is 0 Å². The number of rotatable bonds is 4. The van der Waals surface area contributed by atoms with E-state index in [9.17, 15) is 4.79 Å². The molecule has 0 spiro atoms. The first-order valence-corrected chi connectivity index (χ1v) is 3.81. The SMILES string of the molecule is C=CC(=O)C(=CCCl)CCl. The Balaban J connectivity index is 4.19. The summed E-state index contributed by atoms with van der Waals surface area (Å²) in [5.41, 5.74) is 0.506. The van der Waals surface area contributed by atoms with Crippen LogP contribution in [0.4, 0.5) is 0 Å². The topological polar surface area (TPSA) is 17.1 Å². The van der Waals surface area contributed by atoms with Gasteiger partial charge in [-0.25, -0.2) is 0 Å². The van der Waals surface area contributed by atoms with Crippen molar-refractivity contribution in [3.63, 3.8) is 0 Å². The predicted molar refractivity (Wildman–Crippen MR) is 44.7 cm³/mol. The normalized spacial score (nSPS) is 11.2. The van der Waals surface area contributed by atoms with Crippen molar-refractivity contribution in [3.8, 4) is 0 Å². The second-order valence-corrected chi connectivity index (χ2v) is 2.16. The molecule has 3 heteroatoms. The minimum Gasteiger partial charge on any atom is -0.290 e. The Morgan fingerprint density at radius 1 is 1.50 bits per heavy atom. The third kappa shape index (κ3) is 3.04. The van der Waals surface area contributed by atoms with Crippen molar-refractivity contribution in [2.24, 2.45) is 0 Å². The van der Waals surface area contributed by atoms with Crippen LogP contribution in [0.15, 0.2) is 24.3 Å². The highest BCUT2D eigenvalue weighted by molar-refractivity contribution is 6.24. The maximum absolute atomic E-state index is 10.8. The van der Waals surface area contributed by atoms with Gasteiger partial charge in [-0.15, -0.1) is 23.2 Å². The number of carbonyl (C=O) groups excluding carboxylic acids is 1. The Bertz CT molecular complexity index is 161. The van der Waals surface area contributed by atoms with Gasteiger partial charge in [0.15, 0.2) is 5.78 Å². The van der Waals surface area contributed by atoms with E-state index in [-0.39, 0.29) is 11.7 Å². The second-order valence-electron chi connectivity index (χ2n) is 1.59. The zero-order valence-corrected chi connectivity index (χ0v) is 6.95. The van der Waals surface area contributed by atoms with Gasteiger partial charge in [-0.1, -0.05) is 12.7 Å². The number of hydrogen-bond donors (Lipinski definition) is 0. The molecule has 0 saturated carbocycles. The number of carbonyl (C=O) groups is 1. The summed E-state index contributed by atoms with van der Waals surface area (Å²) < 4.78 is 0. The largest absolute Gasteiger partial charge is 0.290 e. The molecule has 1 nitrogen and oxygen atoms in total.